The van der Waals surface area contributed by atoms with Crippen molar-refractivity contribution in [2.24, 2.45) is 5.10 Å². The highest BCUT2D eigenvalue weighted by Gasteiger charge is 2.13. The molecule has 0 radical (unpaired) electrons. The van der Waals surface area contributed by atoms with Gasteiger partial charge in [-0.2, -0.15) is 9.78 Å². The van der Waals surface area contributed by atoms with Crippen LogP contribution in [-0.4, -0.2) is 27.3 Å². The maximum absolute atomic E-state index is 12.4. The van der Waals surface area contributed by atoms with Gasteiger partial charge in [0.2, 0.25) is 5.16 Å². The number of halogens is 1. The Morgan fingerprint density at radius 1 is 1.33 bits per heavy atom. The van der Waals surface area contributed by atoms with Gasteiger partial charge in [-0.1, -0.05) is 55.4 Å². The highest BCUT2D eigenvalue weighted by atomic mass is 35.5. The Hall–Kier alpha value is -1.66. The lowest BCUT2D eigenvalue weighted by Gasteiger charge is -2.07. The molecule has 0 amide bonds. The molecular weight excluding hydrogens is 308 g/mol. The highest BCUT2D eigenvalue weighted by molar-refractivity contribution is 7.98. The third kappa shape index (κ3) is 3.51. The number of benzene rings is 1. The first-order valence-corrected chi connectivity index (χ1v) is 7.97. The molecule has 1 aromatic heterocycles. The maximum Gasteiger partial charge on any atom is 0.297 e. The van der Waals surface area contributed by atoms with Crippen LogP contribution in [0.15, 0.2) is 39.3 Å². The molecule has 0 aliphatic heterocycles. The van der Waals surface area contributed by atoms with E-state index in [9.17, 15) is 4.79 Å². The Labute approximate surface area is 132 Å². The zero-order valence-corrected chi connectivity index (χ0v) is 13.5. The first-order valence-electron chi connectivity index (χ1n) is 6.37. The summed E-state index contributed by atoms with van der Waals surface area (Å²) in [6.45, 7) is 3.79. The third-order valence-electron chi connectivity index (χ3n) is 2.78. The van der Waals surface area contributed by atoms with Gasteiger partial charge < -0.3 is 0 Å². The van der Waals surface area contributed by atoms with Crippen molar-refractivity contribution in [3.63, 3.8) is 0 Å². The van der Waals surface area contributed by atoms with Gasteiger partial charge in [-0.3, -0.25) is 4.79 Å². The normalized spacial score (nSPS) is 11.5. The van der Waals surface area contributed by atoms with Gasteiger partial charge in [-0.15, -0.1) is 10.2 Å². The van der Waals surface area contributed by atoms with E-state index in [2.05, 4.69) is 15.3 Å². The lowest BCUT2D eigenvalue weighted by Crippen LogP contribution is -2.26. The molecular formula is C14H15ClN4OS. The van der Waals surface area contributed by atoms with Gasteiger partial charge in [0.25, 0.3) is 5.56 Å². The number of nitrogens with zero attached hydrogens (tertiary/aromatic N) is 4. The molecule has 5 nitrogen and oxygen atoms in total. The van der Waals surface area contributed by atoms with Crippen molar-refractivity contribution in [3.05, 3.63) is 50.9 Å². The molecule has 0 aliphatic rings. The lowest BCUT2D eigenvalue weighted by molar-refractivity contribution is 0.605. The second-order valence-corrected chi connectivity index (χ2v) is 5.79. The summed E-state index contributed by atoms with van der Waals surface area (Å²) in [5.74, 6) is -0.0114. The van der Waals surface area contributed by atoms with E-state index < -0.39 is 0 Å². The van der Waals surface area contributed by atoms with Gasteiger partial charge >= 0.3 is 0 Å². The molecule has 7 heteroatoms. The van der Waals surface area contributed by atoms with E-state index in [1.807, 2.05) is 38.3 Å². The van der Waals surface area contributed by atoms with Crippen LogP contribution < -0.4 is 5.56 Å². The Bertz CT molecular complexity index is 727. The predicted molar refractivity (Wildman–Crippen MR) is 86.6 cm³/mol. The topological polar surface area (TPSA) is 60.1 Å². The Morgan fingerprint density at radius 2 is 2.05 bits per heavy atom. The zero-order chi connectivity index (χ0) is 15.4. The molecule has 0 saturated carbocycles. The molecule has 0 fully saturated rings. The minimum absolute atomic E-state index is 0.0114. The predicted octanol–water partition coefficient (Wildman–Crippen LogP) is 3.02. The fraction of sp³-hybridized carbons (Fsp3) is 0.286. The van der Waals surface area contributed by atoms with E-state index in [0.29, 0.717) is 15.9 Å². The van der Waals surface area contributed by atoms with E-state index in [1.54, 1.807) is 12.3 Å². The van der Waals surface area contributed by atoms with Gasteiger partial charge in [0.05, 0.1) is 6.21 Å². The number of hydrogen-bond donors (Lipinski definition) is 0. The quantitative estimate of drug-likeness (QED) is 0.641. The average molecular weight is 323 g/mol. The standard InChI is InChI=1S/C14H15ClN4OS/c1-9(2)12-13(20)19(14(21-3)18-17-12)16-8-10-6-4-5-7-11(10)15/h4-9H,1-3H3. The summed E-state index contributed by atoms with van der Waals surface area (Å²) < 4.78 is 1.26. The Morgan fingerprint density at radius 3 is 2.67 bits per heavy atom. The van der Waals surface area contributed by atoms with Gasteiger partial charge in [0, 0.05) is 16.5 Å². The monoisotopic (exact) mass is 322 g/mol. The summed E-state index contributed by atoms with van der Waals surface area (Å²) in [5, 5.41) is 13.3. The van der Waals surface area contributed by atoms with Crippen molar-refractivity contribution >= 4 is 29.6 Å². The largest absolute Gasteiger partial charge is 0.297 e. The molecule has 2 aromatic rings. The average Bonchev–Trinajstić information content (AvgIpc) is 2.46. The minimum atomic E-state index is -0.257. The molecule has 110 valence electrons. The lowest BCUT2D eigenvalue weighted by atomic mass is 10.1. The summed E-state index contributed by atoms with van der Waals surface area (Å²) >= 11 is 7.39. The summed E-state index contributed by atoms with van der Waals surface area (Å²) in [6, 6.07) is 7.29. The molecule has 0 atom stereocenters. The second-order valence-electron chi connectivity index (χ2n) is 4.61. The molecule has 0 N–H and O–H groups in total. The molecule has 1 heterocycles. The molecule has 0 unspecified atom stereocenters. The van der Waals surface area contributed by atoms with Gasteiger partial charge in [0.1, 0.15) is 5.69 Å². The van der Waals surface area contributed by atoms with E-state index in [1.165, 1.54) is 16.4 Å². The Balaban J connectivity index is 2.50. The van der Waals surface area contributed by atoms with Crippen molar-refractivity contribution in [1.29, 1.82) is 0 Å². The molecule has 0 bridgehead atoms. The van der Waals surface area contributed by atoms with Crippen LogP contribution in [0.2, 0.25) is 5.02 Å². The smallest absolute Gasteiger partial charge is 0.265 e. The van der Waals surface area contributed by atoms with E-state index in [0.717, 1.165) is 5.56 Å². The van der Waals surface area contributed by atoms with Crippen molar-refractivity contribution in [2.45, 2.75) is 24.9 Å². The van der Waals surface area contributed by atoms with Crippen LogP contribution >= 0.6 is 23.4 Å². The van der Waals surface area contributed by atoms with E-state index in [4.69, 9.17) is 11.6 Å². The number of hydrogen-bond acceptors (Lipinski definition) is 5. The van der Waals surface area contributed by atoms with Crippen molar-refractivity contribution in [3.8, 4) is 0 Å². The first kappa shape index (κ1) is 15.7. The van der Waals surface area contributed by atoms with Gasteiger partial charge in [0.15, 0.2) is 0 Å². The SMILES string of the molecule is CSc1nnc(C(C)C)c(=O)n1N=Cc1ccccc1Cl. The van der Waals surface area contributed by atoms with Crippen LogP contribution in [0.5, 0.6) is 0 Å². The fourth-order valence-electron chi connectivity index (χ4n) is 1.67. The van der Waals surface area contributed by atoms with Crippen LogP contribution in [0.4, 0.5) is 0 Å². The van der Waals surface area contributed by atoms with Crippen molar-refractivity contribution in [2.75, 3.05) is 6.26 Å². The summed E-state index contributed by atoms with van der Waals surface area (Å²) in [7, 11) is 0. The summed E-state index contributed by atoms with van der Waals surface area (Å²) in [6.07, 6.45) is 3.37. The van der Waals surface area contributed by atoms with E-state index >= 15 is 0 Å². The van der Waals surface area contributed by atoms with Gasteiger partial charge in [-0.05, 0) is 12.3 Å². The fourth-order valence-corrected chi connectivity index (χ4v) is 2.28. The van der Waals surface area contributed by atoms with Crippen LogP contribution in [0, 0.1) is 0 Å². The van der Waals surface area contributed by atoms with Gasteiger partial charge in [-0.25, -0.2) is 0 Å². The summed E-state index contributed by atoms with van der Waals surface area (Å²) in [5.41, 5.74) is 0.873. The molecule has 0 aliphatic carbocycles. The van der Waals surface area contributed by atoms with Crippen molar-refractivity contribution < 1.29 is 0 Å². The molecule has 1 aromatic carbocycles. The molecule has 0 spiro atoms. The minimum Gasteiger partial charge on any atom is -0.265 e. The van der Waals surface area contributed by atoms with Crippen LogP contribution in [-0.2, 0) is 0 Å². The number of rotatable bonds is 4. The summed E-state index contributed by atoms with van der Waals surface area (Å²) in [4.78, 5) is 12.4. The highest BCUT2D eigenvalue weighted by Crippen LogP contribution is 2.14. The first-order chi connectivity index (χ1) is 10.0. The number of aromatic nitrogens is 3. The van der Waals surface area contributed by atoms with Crippen LogP contribution in [0.3, 0.4) is 0 Å². The number of thioether (sulfide) groups is 1. The van der Waals surface area contributed by atoms with Crippen LogP contribution in [0.1, 0.15) is 31.0 Å². The third-order valence-corrected chi connectivity index (χ3v) is 3.75. The Kier molecular flexibility index (Phi) is 5.14. The maximum atomic E-state index is 12.4. The van der Waals surface area contributed by atoms with Crippen molar-refractivity contribution in [1.82, 2.24) is 14.9 Å². The molecule has 21 heavy (non-hydrogen) atoms. The second kappa shape index (κ2) is 6.87. The molecule has 0 saturated heterocycles. The zero-order valence-electron chi connectivity index (χ0n) is 11.9. The molecule has 2 rings (SSSR count). The van der Waals surface area contributed by atoms with E-state index in [-0.39, 0.29) is 11.5 Å². The van der Waals surface area contributed by atoms with Crippen LogP contribution in [0.25, 0.3) is 0 Å².